The van der Waals surface area contributed by atoms with E-state index in [0.717, 1.165) is 12.3 Å². The maximum absolute atomic E-state index is 9.55. The molecule has 0 aromatic heterocycles. The molecule has 2 saturated carbocycles. The predicted molar refractivity (Wildman–Crippen MR) is 40.6 cm³/mol. The van der Waals surface area contributed by atoms with E-state index in [9.17, 15) is 5.11 Å². The fraction of sp³-hybridized carbons (Fsp3) is 1.00. The van der Waals surface area contributed by atoms with Crippen molar-refractivity contribution >= 4 is 0 Å². The third-order valence-corrected chi connectivity index (χ3v) is 3.45. The molecule has 0 aliphatic heterocycles. The van der Waals surface area contributed by atoms with Gasteiger partial charge in [-0.15, -0.1) is 0 Å². The fourth-order valence-electron chi connectivity index (χ4n) is 3.02. The van der Waals surface area contributed by atoms with Crippen molar-refractivity contribution in [1.82, 2.24) is 0 Å². The molecule has 2 fully saturated rings. The van der Waals surface area contributed by atoms with E-state index in [4.69, 9.17) is 0 Å². The minimum atomic E-state index is 0.0220. The first-order valence-corrected chi connectivity index (χ1v) is 4.28. The minimum Gasteiger partial charge on any atom is -0.393 e. The van der Waals surface area contributed by atoms with Crippen LogP contribution in [0.15, 0.2) is 0 Å². The zero-order chi connectivity index (χ0) is 7.35. The van der Waals surface area contributed by atoms with E-state index in [1.54, 1.807) is 0 Å². The molecule has 58 valence electrons. The molecule has 1 N–H and O–H groups in total. The Morgan fingerprint density at radius 3 is 2.30 bits per heavy atom. The number of aliphatic hydroxyl groups is 1. The molecular formula is C9H16O. The molecule has 10 heavy (non-hydrogen) atoms. The lowest BCUT2D eigenvalue weighted by Crippen LogP contribution is -2.30. The number of rotatable bonds is 0. The van der Waals surface area contributed by atoms with E-state index in [1.165, 1.54) is 12.8 Å². The van der Waals surface area contributed by atoms with Crippen LogP contribution in [0, 0.1) is 17.3 Å². The third kappa shape index (κ3) is 0.731. The summed E-state index contributed by atoms with van der Waals surface area (Å²) in [7, 11) is 0. The third-order valence-electron chi connectivity index (χ3n) is 3.45. The average Bonchev–Trinajstić information content (AvgIpc) is 2.18. The maximum Gasteiger partial charge on any atom is 0.0576 e. The Bertz CT molecular complexity index is 151. The molecule has 3 atom stereocenters. The van der Waals surface area contributed by atoms with Crippen LogP contribution in [-0.4, -0.2) is 11.2 Å². The van der Waals surface area contributed by atoms with Gasteiger partial charge in [0.25, 0.3) is 0 Å². The first kappa shape index (κ1) is 6.66. The van der Waals surface area contributed by atoms with Crippen molar-refractivity contribution in [1.29, 1.82) is 0 Å². The molecular weight excluding hydrogens is 124 g/mol. The molecule has 0 heterocycles. The number of fused-ring (bicyclic) bond motifs is 2. The molecule has 1 heteroatoms. The van der Waals surface area contributed by atoms with Gasteiger partial charge in [-0.25, -0.2) is 0 Å². The van der Waals surface area contributed by atoms with Gasteiger partial charge in [0.05, 0.1) is 6.10 Å². The van der Waals surface area contributed by atoms with E-state index in [-0.39, 0.29) is 6.10 Å². The van der Waals surface area contributed by atoms with Crippen LogP contribution in [0.3, 0.4) is 0 Å². The second kappa shape index (κ2) is 1.76. The zero-order valence-corrected chi connectivity index (χ0v) is 6.80. The van der Waals surface area contributed by atoms with Crippen LogP contribution < -0.4 is 0 Å². The molecule has 0 aromatic rings. The van der Waals surface area contributed by atoms with Gasteiger partial charge in [-0.1, -0.05) is 13.8 Å². The Hall–Kier alpha value is -0.0400. The van der Waals surface area contributed by atoms with Crippen LogP contribution in [0.1, 0.15) is 33.1 Å². The highest BCUT2D eigenvalue weighted by atomic mass is 16.3. The van der Waals surface area contributed by atoms with Crippen LogP contribution >= 0.6 is 0 Å². The van der Waals surface area contributed by atoms with E-state index < -0.39 is 0 Å². The van der Waals surface area contributed by atoms with Crippen LogP contribution in [0.5, 0.6) is 0 Å². The predicted octanol–water partition coefficient (Wildman–Crippen LogP) is 1.80. The van der Waals surface area contributed by atoms with Crippen molar-refractivity contribution in [2.75, 3.05) is 0 Å². The van der Waals surface area contributed by atoms with Gasteiger partial charge in [0, 0.05) is 0 Å². The summed E-state index contributed by atoms with van der Waals surface area (Å²) >= 11 is 0. The molecule has 1 nitrogen and oxygen atoms in total. The molecule has 0 saturated heterocycles. The summed E-state index contributed by atoms with van der Waals surface area (Å²) in [5, 5.41) is 9.55. The van der Waals surface area contributed by atoms with Gasteiger partial charge in [-0.2, -0.15) is 0 Å². The van der Waals surface area contributed by atoms with Crippen LogP contribution in [0.25, 0.3) is 0 Å². The van der Waals surface area contributed by atoms with Gasteiger partial charge in [-0.3, -0.25) is 0 Å². The van der Waals surface area contributed by atoms with Crippen molar-refractivity contribution < 1.29 is 5.11 Å². The maximum atomic E-state index is 9.55. The second-order valence-corrected chi connectivity index (χ2v) is 4.70. The van der Waals surface area contributed by atoms with Crippen LogP contribution in [-0.2, 0) is 0 Å². The lowest BCUT2D eigenvalue weighted by atomic mass is 9.75. The van der Waals surface area contributed by atoms with Crippen molar-refractivity contribution in [3.8, 4) is 0 Å². The Labute approximate surface area is 62.4 Å². The molecule has 0 aromatic carbocycles. The van der Waals surface area contributed by atoms with E-state index >= 15 is 0 Å². The highest BCUT2D eigenvalue weighted by Gasteiger charge is 2.49. The van der Waals surface area contributed by atoms with Gasteiger partial charge in [0.15, 0.2) is 0 Å². The quantitative estimate of drug-likeness (QED) is 0.544. The monoisotopic (exact) mass is 140 g/mol. The molecule has 2 bridgehead atoms. The SMILES string of the molecule is CC1(C)C[C@H]2C[C@@H](O)[C@H]1C2. The summed E-state index contributed by atoms with van der Waals surface area (Å²) in [4.78, 5) is 0. The average molecular weight is 140 g/mol. The first-order chi connectivity index (χ1) is 4.59. The van der Waals surface area contributed by atoms with Crippen molar-refractivity contribution in [3.63, 3.8) is 0 Å². The van der Waals surface area contributed by atoms with E-state index in [2.05, 4.69) is 13.8 Å². The Morgan fingerprint density at radius 2 is 2.00 bits per heavy atom. The Kier molecular flexibility index (Phi) is 1.17. The normalized spacial score (nSPS) is 50.1. The topological polar surface area (TPSA) is 20.2 Å². The molecule has 2 aliphatic rings. The van der Waals surface area contributed by atoms with Crippen LogP contribution in [0.4, 0.5) is 0 Å². The Morgan fingerprint density at radius 1 is 1.30 bits per heavy atom. The molecule has 2 rings (SSSR count). The van der Waals surface area contributed by atoms with Gasteiger partial charge >= 0.3 is 0 Å². The number of aliphatic hydroxyl groups excluding tert-OH is 1. The summed E-state index contributed by atoms with van der Waals surface area (Å²) in [5.41, 5.74) is 0.433. The molecule has 2 aliphatic carbocycles. The first-order valence-electron chi connectivity index (χ1n) is 4.28. The van der Waals surface area contributed by atoms with Crippen molar-refractivity contribution in [2.45, 2.75) is 39.2 Å². The number of hydrogen-bond acceptors (Lipinski definition) is 1. The highest BCUT2D eigenvalue weighted by molar-refractivity contribution is 5.00. The standard InChI is InChI=1S/C9H16O/c1-9(2)5-6-3-7(9)8(10)4-6/h6-8,10H,3-5H2,1-2H3/t6-,7-,8-/m1/s1. The van der Waals surface area contributed by atoms with Crippen LogP contribution in [0.2, 0.25) is 0 Å². The summed E-state index contributed by atoms with van der Waals surface area (Å²) in [6, 6.07) is 0. The van der Waals surface area contributed by atoms with Crippen molar-refractivity contribution in [2.24, 2.45) is 17.3 Å². The Balaban J connectivity index is 2.20. The lowest BCUT2D eigenvalue weighted by Gasteiger charge is -2.32. The molecule has 0 unspecified atom stereocenters. The van der Waals surface area contributed by atoms with Gasteiger partial charge in [0.2, 0.25) is 0 Å². The van der Waals surface area contributed by atoms with E-state index in [1.807, 2.05) is 0 Å². The molecule has 0 spiro atoms. The lowest BCUT2D eigenvalue weighted by molar-refractivity contribution is 0.0430. The summed E-state index contributed by atoms with van der Waals surface area (Å²) in [5.74, 6) is 1.45. The molecule has 0 amide bonds. The smallest absolute Gasteiger partial charge is 0.0576 e. The van der Waals surface area contributed by atoms with Gasteiger partial charge in [0.1, 0.15) is 0 Å². The summed E-state index contributed by atoms with van der Waals surface area (Å²) < 4.78 is 0. The highest BCUT2D eigenvalue weighted by Crippen LogP contribution is 2.55. The largest absolute Gasteiger partial charge is 0.393 e. The van der Waals surface area contributed by atoms with E-state index in [0.29, 0.717) is 11.3 Å². The fourth-order valence-corrected chi connectivity index (χ4v) is 3.02. The summed E-state index contributed by atoms with van der Waals surface area (Å²) in [6.45, 7) is 4.58. The zero-order valence-electron chi connectivity index (χ0n) is 6.80. The van der Waals surface area contributed by atoms with Crippen molar-refractivity contribution in [3.05, 3.63) is 0 Å². The summed E-state index contributed by atoms with van der Waals surface area (Å²) in [6.07, 6.45) is 3.73. The minimum absolute atomic E-state index is 0.0220. The number of hydrogen-bond donors (Lipinski definition) is 1. The van der Waals surface area contributed by atoms with Gasteiger partial charge < -0.3 is 5.11 Å². The van der Waals surface area contributed by atoms with Gasteiger partial charge in [-0.05, 0) is 36.5 Å². The molecule has 0 radical (unpaired) electrons. The second-order valence-electron chi connectivity index (χ2n) is 4.70.